The van der Waals surface area contributed by atoms with Gasteiger partial charge in [-0.1, -0.05) is 18.2 Å². The first-order chi connectivity index (χ1) is 15.6. The minimum absolute atomic E-state index is 0.481. The highest BCUT2D eigenvalue weighted by molar-refractivity contribution is 6.00. The van der Waals surface area contributed by atoms with Crippen molar-refractivity contribution in [3.05, 3.63) is 60.9 Å². The molecule has 0 radical (unpaired) electrons. The Balaban J connectivity index is 1.69. The first-order valence-corrected chi connectivity index (χ1v) is 10.3. The van der Waals surface area contributed by atoms with E-state index in [2.05, 4.69) is 15.3 Å². The van der Waals surface area contributed by atoms with Gasteiger partial charge in [-0.2, -0.15) is 5.10 Å². The van der Waals surface area contributed by atoms with Crippen LogP contribution in [0.1, 0.15) is 13.2 Å². The standard InChI is InChI=1S/C23H23N5O4/c1-13-19(29)20(30)23(32-13)28-22-17(18(27-28)14-8-10-16(31-2)11-9-14)21(24-12-25-22)26-15-6-4-3-5-7-15/h3-13,19-20,23,29-30H,1-2H3,(H,24,25,26)/t13-,19+,20+,23-/m1/s1. The van der Waals surface area contributed by atoms with Gasteiger partial charge in [0.2, 0.25) is 0 Å². The Morgan fingerprint density at radius 1 is 1.00 bits per heavy atom. The lowest BCUT2D eigenvalue weighted by atomic mass is 10.1. The Morgan fingerprint density at radius 3 is 2.41 bits per heavy atom. The van der Waals surface area contributed by atoms with Crippen molar-refractivity contribution in [1.29, 1.82) is 0 Å². The maximum atomic E-state index is 10.6. The average molecular weight is 433 g/mol. The number of nitrogens with zero attached hydrogens (tertiary/aromatic N) is 4. The fourth-order valence-electron chi connectivity index (χ4n) is 3.88. The van der Waals surface area contributed by atoms with Gasteiger partial charge in [-0.15, -0.1) is 0 Å². The lowest BCUT2D eigenvalue weighted by Crippen LogP contribution is -2.30. The van der Waals surface area contributed by atoms with E-state index in [1.165, 1.54) is 11.0 Å². The molecular weight excluding hydrogens is 410 g/mol. The van der Waals surface area contributed by atoms with Crippen LogP contribution in [-0.2, 0) is 4.74 Å². The zero-order chi connectivity index (χ0) is 22.2. The Bertz CT molecular complexity index is 1230. The molecule has 1 aliphatic rings. The van der Waals surface area contributed by atoms with Crippen molar-refractivity contribution in [1.82, 2.24) is 19.7 Å². The number of aliphatic hydroxyl groups excluding tert-OH is 2. The van der Waals surface area contributed by atoms with Gasteiger partial charge in [0.15, 0.2) is 11.9 Å². The van der Waals surface area contributed by atoms with E-state index in [4.69, 9.17) is 14.6 Å². The molecule has 0 spiro atoms. The second-order valence-corrected chi connectivity index (χ2v) is 7.65. The predicted octanol–water partition coefficient (Wildman–Crippen LogP) is 2.88. The van der Waals surface area contributed by atoms with Gasteiger partial charge in [0.05, 0.1) is 18.6 Å². The molecule has 0 aliphatic carbocycles. The maximum absolute atomic E-state index is 10.6. The van der Waals surface area contributed by atoms with Crippen LogP contribution in [0.15, 0.2) is 60.9 Å². The van der Waals surface area contributed by atoms with Crippen molar-refractivity contribution >= 4 is 22.5 Å². The molecule has 3 heterocycles. The third-order valence-corrected chi connectivity index (χ3v) is 5.61. The number of benzene rings is 2. The lowest BCUT2D eigenvalue weighted by molar-refractivity contribution is -0.0370. The zero-order valence-electron chi connectivity index (χ0n) is 17.6. The van der Waals surface area contributed by atoms with E-state index >= 15 is 0 Å². The third-order valence-electron chi connectivity index (χ3n) is 5.61. The summed E-state index contributed by atoms with van der Waals surface area (Å²) < 4.78 is 12.6. The summed E-state index contributed by atoms with van der Waals surface area (Å²) in [7, 11) is 1.61. The van der Waals surface area contributed by atoms with Crippen molar-refractivity contribution in [2.75, 3.05) is 12.4 Å². The molecule has 9 nitrogen and oxygen atoms in total. The van der Waals surface area contributed by atoms with E-state index in [0.29, 0.717) is 22.5 Å². The van der Waals surface area contributed by atoms with Crippen molar-refractivity contribution in [3.63, 3.8) is 0 Å². The van der Waals surface area contributed by atoms with E-state index in [1.54, 1.807) is 14.0 Å². The van der Waals surface area contributed by atoms with Gasteiger partial charge in [0.1, 0.15) is 35.8 Å². The second-order valence-electron chi connectivity index (χ2n) is 7.65. The highest BCUT2D eigenvalue weighted by atomic mass is 16.6. The number of methoxy groups -OCH3 is 1. The van der Waals surface area contributed by atoms with Crippen molar-refractivity contribution in [2.45, 2.75) is 31.5 Å². The van der Waals surface area contributed by atoms with Crippen LogP contribution in [0.2, 0.25) is 0 Å². The molecule has 5 rings (SSSR count). The number of aliphatic hydroxyl groups is 2. The summed E-state index contributed by atoms with van der Waals surface area (Å²) in [5.41, 5.74) is 2.78. The van der Waals surface area contributed by atoms with Gasteiger partial charge in [-0.25, -0.2) is 14.6 Å². The van der Waals surface area contributed by atoms with E-state index in [0.717, 1.165) is 17.0 Å². The van der Waals surface area contributed by atoms with Gasteiger partial charge < -0.3 is 25.0 Å². The average Bonchev–Trinajstić information content (AvgIpc) is 3.33. The predicted molar refractivity (Wildman–Crippen MR) is 119 cm³/mol. The molecule has 0 unspecified atom stereocenters. The largest absolute Gasteiger partial charge is 0.497 e. The number of para-hydroxylation sites is 1. The Labute approximate surface area is 184 Å². The summed E-state index contributed by atoms with van der Waals surface area (Å²) in [6, 6.07) is 17.2. The van der Waals surface area contributed by atoms with Crippen molar-refractivity contribution in [3.8, 4) is 17.0 Å². The Hall–Kier alpha value is -3.53. The molecule has 1 saturated heterocycles. The number of anilines is 2. The molecule has 4 aromatic rings. The van der Waals surface area contributed by atoms with Crippen LogP contribution < -0.4 is 10.1 Å². The smallest absolute Gasteiger partial charge is 0.181 e. The van der Waals surface area contributed by atoms with Gasteiger partial charge in [0.25, 0.3) is 0 Å². The van der Waals surface area contributed by atoms with E-state index in [9.17, 15) is 10.2 Å². The third kappa shape index (κ3) is 3.46. The molecular formula is C23H23N5O4. The number of nitrogens with one attached hydrogen (secondary N) is 1. The lowest BCUT2D eigenvalue weighted by Gasteiger charge is -2.15. The quantitative estimate of drug-likeness (QED) is 0.440. The second kappa shape index (κ2) is 8.19. The Morgan fingerprint density at radius 2 is 1.75 bits per heavy atom. The summed E-state index contributed by atoms with van der Waals surface area (Å²) in [4.78, 5) is 8.90. The summed E-state index contributed by atoms with van der Waals surface area (Å²) in [6.45, 7) is 1.71. The summed E-state index contributed by atoms with van der Waals surface area (Å²) in [5, 5.41) is 29.6. The summed E-state index contributed by atoms with van der Waals surface area (Å²) in [6.07, 6.45) is -2.15. The van der Waals surface area contributed by atoms with Gasteiger partial charge in [0, 0.05) is 11.3 Å². The summed E-state index contributed by atoms with van der Waals surface area (Å²) in [5.74, 6) is 1.29. The number of hydrogen-bond donors (Lipinski definition) is 3. The number of rotatable bonds is 5. The van der Waals surface area contributed by atoms with Crippen LogP contribution in [0.5, 0.6) is 5.75 Å². The SMILES string of the molecule is COc1ccc(-c2nn([C@@H]3O[C@H](C)[C@H](O)[C@@H]3O)c3ncnc(Nc4ccccc4)c23)cc1. The van der Waals surface area contributed by atoms with Crippen LogP contribution in [0.3, 0.4) is 0 Å². The van der Waals surface area contributed by atoms with E-state index < -0.39 is 24.5 Å². The molecule has 2 aromatic heterocycles. The van der Waals surface area contributed by atoms with Crippen molar-refractivity contribution < 1.29 is 19.7 Å². The number of ether oxygens (including phenoxy) is 2. The van der Waals surface area contributed by atoms with Crippen molar-refractivity contribution in [2.24, 2.45) is 0 Å². The molecule has 0 bridgehead atoms. The molecule has 3 N–H and O–H groups in total. The number of fused-ring (bicyclic) bond motifs is 1. The highest BCUT2D eigenvalue weighted by Gasteiger charge is 2.43. The molecule has 164 valence electrons. The molecule has 1 aliphatic heterocycles. The number of hydrogen-bond acceptors (Lipinski definition) is 8. The fourth-order valence-corrected chi connectivity index (χ4v) is 3.88. The molecule has 1 fully saturated rings. The molecule has 4 atom stereocenters. The maximum Gasteiger partial charge on any atom is 0.181 e. The Kier molecular flexibility index (Phi) is 5.22. The van der Waals surface area contributed by atoms with Gasteiger partial charge in [-0.3, -0.25) is 0 Å². The molecule has 0 saturated carbocycles. The summed E-state index contributed by atoms with van der Waals surface area (Å²) >= 11 is 0. The number of aromatic nitrogens is 4. The van der Waals surface area contributed by atoms with E-state index in [1.807, 2.05) is 54.6 Å². The van der Waals surface area contributed by atoms with Gasteiger partial charge >= 0.3 is 0 Å². The highest BCUT2D eigenvalue weighted by Crippen LogP contribution is 2.37. The topological polar surface area (TPSA) is 115 Å². The molecule has 2 aromatic carbocycles. The van der Waals surface area contributed by atoms with Crippen LogP contribution >= 0.6 is 0 Å². The first kappa shape index (κ1) is 20.4. The molecule has 32 heavy (non-hydrogen) atoms. The zero-order valence-corrected chi connectivity index (χ0v) is 17.6. The van der Waals surface area contributed by atoms with Crippen LogP contribution in [0.4, 0.5) is 11.5 Å². The molecule has 9 heteroatoms. The normalized spacial score (nSPS) is 22.9. The van der Waals surface area contributed by atoms with Gasteiger partial charge in [-0.05, 0) is 43.3 Å². The first-order valence-electron chi connectivity index (χ1n) is 10.3. The molecule has 0 amide bonds. The fraction of sp³-hybridized carbons (Fsp3) is 0.261. The van der Waals surface area contributed by atoms with Crippen LogP contribution in [-0.4, -0.2) is 55.4 Å². The monoisotopic (exact) mass is 433 g/mol. The minimum atomic E-state index is -1.14. The van der Waals surface area contributed by atoms with E-state index in [-0.39, 0.29) is 0 Å². The van der Waals surface area contributed by atoms with Crippen LogP contribution in [0, 0.1) is 0 Å². The minimum Gasteiger partial charge on any atom is -0.497 e. The van der Waals surface area contributed by atoms with Crippen LogP contribution in [0.25, 0.3) is 22.3 Å².